The third kappa shape index (κ3) is 9.32. The number of carbonyl (C=O) groups excluding carboxylic acids is 2. The molecule has 3 N–H and O–H groups in total. The number of carboxylic acids is 1. The first-order valence-electron chi connectivity index (χ1n) is 12.4. The predicted octanol–water partition coefficient (Wildman–Crippen LogP) is 5.42. The monoisotopic (exact) mass is 533 g/mol. The molecule has 0 saturated carbocycles. The number of nitrogens with one attached hydrogen (secondary N) is 1. The Morgan fingerprint density at radius 1 is 0.949 bits per heavy atom. The lowest BCUT2D eigenvalue weighted by Gasteiger charge is -2.29. The number of para-hydroxylation sites is 2. The molecule has 0 spiro atoms. The van der Waals surface area contributed by atoms with Crippen LogP contribution in [0.1, 0.15) is 41.8 Å². The highest BCUT2D eigenvalue weighted by Crippen LogP contribution is 2.34. The van der Waals surface area contributed by atoms with E-state index in [0.717, 1.165) is 6.08 Å². The van der Waals surface area contributed by atoms with Crippen LogP contribution in [0.3, 0.4) is 0 Å². The zero-order valence-electron chi connectivity index (χ0n) is 21.5. The lowest BCUT2D eigenvalue weighted by Crippen LogP contribution is -2.31. The molecule has 3 aromatic rings. The molecule has 0 radical (unpaired) electrons. The van der Waals surface area contributed by atoms with Crippen LogP contribution in [0.25, 0.3) is 0 Å². The predicted molar refractivity (Wildman–Crippen MR) is 145 cm³/mol. The summed E-state index contributed by atoms with van der Waals surface area (Å²) in [6, 6.07) is 22.3. The molecule has 0 aliphatic rings. The number of carboxylic acid groups (broad SMARTS) is 1. The van der Waals surface area contributed by atoms with Gasteiger partial charge in [-0.3, -0.25) is 10.1 Å². The molecule has 9 heteroatoms. The minimum absolute atomic E-state index is 0.0317. The van der Waals surface area contributed by atoms with E-state index in [1.54, 1.807) is 60.7 Å². The van der Waals surface area contributed by atoms with Crippen molar-refractivity contribution in [1.29, 1.82) is 0 Å². The van der Waals surface area contributed by atoms with Crippen LogP contribution in [0.15, 0.2) is 91.0 Å². The molecule has 2 atom stereocenters. The number of ether oxygens (including phenoxy) is 3. The van der Waals surface area contributed by atoms with Crippen molar-refractivity contribution in [3.63, 3.8) is 0 Å². The van der Waals surface area contributed by atoms with Gasteiger partial charge in [0.05, 0.1) is 6.61 Å². The van der Waals surface area contributed by atoms with Crippen molar-refractivity contribution in [3.8, 4) is 11.5 Å². The van der Waals surface area contributed by atoms with Crippen LogP contribution < -0.4 is 14.8 Å². The Morgan fingerprint density at radius 3 is 2.31 bits per heavy atom. The van der Waals surface area contributed by atoms with Crippen molar-refractivity contribution < 1.29 is 38.8 Å². The largest absolute Gasteiger partial charge is 0.491 e. The number of hydrogen-bond acceptors (Lipinski definition) is 7. The topological polar surface area (TPSA) is 131 Å². The number of allylic oxidation sites excluding steroid dienone is 1. The van der Waals surface area contributed by atoms with Crippen LogP contribution in [-0.2, 0) is 9.53 Å². The van der Waals surface area contributed by atoms with Crippen LogP contribution in [0.2, 0.25) is 0 Å². The van der Waals surface area contributed by atoms with Gasteiger partial charge in [0.25, 0.3) is 0 Å². The number of benzene rings is 3. The summed E-state index contributed by atoms with van der Waals surface area (Å²) in [7, 11) is 0. The van der Waals surface area contributed by atoms with Crippen LogP contribution >= 0.6 is 0 Å². The maximum atomic E-state index is 13.1. The molecule has 0 saturated heterocycles. The number of rotatable bonds is 14. The second kappa shape index (κ2) is 14.9. The number of ketones is 1. The highest BCUT2D eigenvalue weighted by molar-refractivity contribution is 5.95. The molecule has 0 unspecified atom stereocenters. The molecule has 3 rings (SSSR count). The van der Waals surface area contributed by atoms with Gasteiger partial charge in [0.2, 0.25) is 0 Å². The van der Waals surface area contributed by atoms with E-state index in [2.05, 4.69) is 5.32 Å². The first-order chi connectivity index (χ1) is 18.9. The Hall–Kier alpha value is -4.63. The van der Waals surface area contributed by atoms with E-state index >= 15 is 0 Å². The van der Waals surface area contributed by atoms with Crippen LogP contribution in [0, 0.1) is 0 Å². The Bertz CT molecular complexity index is 1260. The Balaban J connectivity index is 1.93. The fourth-order valence-corrected chi connectivity index (χ4v) is 3.78. The van der Waals surface area contributed by atoms with Gasteiger partial charge in [0.1, 0.15) is 24.2 Å². The third-order valence-electron chi connectivity index (χ3n) is 5.59. The van der Waals surface area contributed by atoms with Gasteiger partial charge in [0, 0.05) is 22.9 Å². The van der Waals surface area contributed by atoms with E-state index in [-0.39, 0.29) is 19.0 Å². The molecule has 0 aliphatic carbocycles. The summed E-state index contributed by atoms with van der Waals surface area (Å²) in [4.78, 5) is 35.6. The number of aliphatic hydroxyl groups excluding tert-OH is 1. The van der Waals surface area contributed by atoms with Crippen molar-refractivity contribution in [1.82, 2.24) is 0 Å². The molecule has 0 fully saturated rings. The number of Topliss-reactive ketones (excluding diaryl/α,β-unsaturated/α-hetero) is 1. The molecule has 0 aliphatic heterocycles. The van der Waals surface area contributed by atoms with Crippen LogP contribution in [0.5, 0.6) is 11.5 Å². The van der Waals surface area contributed by atoms with E-state index in [4.69, 9.17) is 19.3 Å². The summed E-state index contributed by atoms with van der Waals surface area (Å²) < 4.78 is 17.9. The molecular weight excluding hydrogens is 502 g/mol. The number of aliphatic carboxylic acids is 1. The lowest BCUT2D eigenvalue weighted by molar-refractivity contribution is -0.131. The molecule has 9 nitrogen and oxygen atoms in total. The fourth-order valence-electron chi connectivity index (χ4n) is 3.78. The van der Waals surface area contributed by atoms with Gasteiger partial charge in [-0.2, -0.15) is 0 Å². The lowest BCUT2D eigenvalue weighted by atomic mass is 9.99. The Morgan fingerprint density at radius 2 is 1.64 bits per heavy atom. The minimum atomic E-state index is -1.07. The van der Waals surface area contributed by atoms with Gasteiger partial charge in [-0.05, 0) is 62.2 Å². The van der Waals surface area contributed by atoms with E-state index < -0.39 is 24.3 Å². The number of hydrogen-bond donors (Lipinski definition) is 3. The molecule has 0 aromatic heterocycles. The van der Waals surface area contributed by atoms with Gasteiger partial charge in [-0.25, -0.2) is 9.59 Å². The highest BCUT2D eigenvalue weighted by atomic mass is 16.6. The molecule has 0 bridgehead atoms. The Kier molecular flexibility index (Phi) is 11.1. The number of anilines is 1. The SMILES string of the molecule is CC(=O)c1ccc(NC(=O)O[C@H](c2ccccc2OCCO)[C@@H](CC/C=C/C(=O)O)Oc2ccccc2)cc1. The first kappa shape index (κ1) is 28.9. The summed E-state index contributed by atoms with van der Waals surface area (Å²) in [6.45, 7) is 1.28. The second-order valence-corrected chi connectivity index (χ2v) is 8.48. The van der Waals surface area contributed by atoms with E-state index in [0.29, 0.717) is 41.2 Å². The molecule has 39 heavy (non-hydrogen) atoms. The number of amides is 1. The van der Waals surface area contributed by atoms with Crippen LogP contribution in [0.4, 0.5) is 10.5 Å². The second-order valence-electron chi connectivity index (χ2n) is 8.48. The fraction of sp³-hybridized carbons (Fsp3) is 0.233. The maximum absolute atomic E-state index is 13.1. The highest BCUT2D eigenvalue weighted by Gasteiger charge is 2.31. The van der Waals surface area contributed by atoms with Gasteiger partial charge in [0.15, 0.2) is 11.9 Å². The van der Waals surface area contributed by atoms with Crippen molar-refractivity contribution >= 4 is 23.5 Å². The van der Waals surface area contributed by atoms with E-state index in [1.165, 1.54) is 13.0 Å². The normalized spacial score (nSPS) is 12.4. The van der Waals surface area contributed by atoms with Crippen molar-refractivity contribution in [2.24, 2.45) is 0 Å². The van der Waals surface area contributed by atoms with Crippen LogP contribution in [-0.4, -0.2) is 47.4 Å². The van der Waals surface area contributed by atoms with E-state index in [9.17, 15) is 19.5 Å². The number of aliphatic hydroxyl groups is 1. The molecular formula is C30H31NO8. The van der Waals surface area contributed by atoms with Gasteiger partial charge in [-0.1, -0.05) is 42.5 Å². The summed E-state index contributed by atoms with van der Waals surface area (Å²) in [5.41, 5.74) is 1.45. The third-order valence-corrected chi connectivity index (χ3v) is 5.59. The van der Waals surface area contributed by atoms with Gasteiger partial charge < -0.3 is 24.4 Å². The average molecular weight is 534 g/mol. The first-order valence-corrected chi connectivity index (χ1v) is 12.4. The average Bonchev–Trinajstić information content (AvgIpc) is 2.93. The zero-order chi connectivity index (χ0) is 28.0. The number of carbonyl (C=O) groups is 3. The summed E-state index contributed by atoms with van der Waals surface area (Å²) in [6.07, 6.45) is 0.701. The molecule has 1 amide bonds. The minimum Gasteiger partial charge on any atom is -0.491 e. The summed E-state index contributed by atoms with van der Waals surface area (Å²) in [5, 5.41) is 20.9. The van der Waals surface area contributed by atoms with Crippen molar-refractivity contribution in [2.45, 2.75) is 32.0 Å². The Labute approximate surface area is 226 Å². The molecule has 204 valence electrons. The standard InChI is InChI=1S/C30H31NO8/c1-21(33)22-15-17-23(18-16-22)31-30(36)39-29(25-11-5-6-12-26(25)37-20-19-32)27(13-7-8-14-28(34)35)38-24-9-3-2-4-10-24/h2-6,8-12,14-18,27,29,32H,7,13,19-20H2,1H3,(H,31,36)(H,34,35)/b14-8+/t27-,29-/m1/s1. The summed E-state index contributed by atoms with van der Waals surface area (Å²) in [5.74, 6) is -0.229. The summed E-state index contributed by atoms with van der Waals surface area (Å²) >= 11 is 0. The van der Waals surface area contributed by atoms with Gasteiger partial charge >= 0.3 is 12.1 Å². The zero-order valence-corrected chi connectivity index (χ0v) is 21.5. The quantitative estimate of drug-likeness (QED) is 0.185. The van der Waals surface area contributed by atoms with Crippen molar-refractivity contribution in [2.75, 3.05) is 18.5 Å². The molecule has 3 aromatic carbocycles. The van der Waals surface area contributed by atoms with Gasteiger partial charge in [-0.15, -0.1) is 0 Å². The van der Waals surface area contributed by atoms with E-state index in [1.807, 2.05) is 18.2 Å². The molecule has 0 heterocycles. The maximum Gasteiger partial charge on any atom is 0.412 e. The smallest absolute Gasteiger partial charge is 0.412 e. The van der Waals surface area contributed by atoms with Crippen molar-refractivity contribution in [3.05, 3.63) is 102 Å².